The second-order valence-electron chi connectivity index (χ2n) is 4.41. The Morgan fingerprint density at radius 3 is 2.09 bits per heavy atom. The molecule has 22 heavy (non-hydrogen) atoms. The van der Waals surface area contributed by atoms with Gasteiger partial charge in [0.05, 0.1) is 35.6 Å². The molecule has 0 amide bonds. The Kier molecular flexibility index (Phi) is 6.36. The summed E-state index contributed by atoms with van der Waals surface area (Å²) < 4.78 is 0. The molecule has 2 aromatic heterocycles. The van der Waals surface area contributed by atoms with Gasteiger partial charge in [-0.2, -0.15) is 10.5 Å². The highest BCUT2D eigenvalue weighted by atomic mass is 16.3. The molecule has 2 heterocycles. The predicted molar refractivity (Wildman–Crippen MR) is 78.7 cm³/mol. The third-order valence-electron chi connectivity index (χ3n) is 2.52. The number of aliphatic hydroxyl groups excluding tert-OH is 1. The maximum absolute atomic E-state index is 10.3. The van der Waals surface area contributed by atoms with Crippen LogP contribution in [0.2, 0.25) is 0 Å². The maximum Gasteiger partial charge on any atom is 0.168 e. The monoisotopic (exact) mass is 294 g/mol. The number of aryl methyl sites for hydroxylation is 2. The highest BCUT2D eigenvalue weighted by Gasteiger charge is 1.97. The van der Waals surface area contributed by atoms with E-state index in [1.807, 2.05) is 12.1 Å². The predicted octanol–water partition coefficient (Wildman–Crippen LogP) is 1.83. The van der Waals surface area contributed by atoms with Gasteiger partial charge in [-0.15, -0.1) is 0 Å². The van der Waals surface area contributed by atoms with Crippen molar-refractivity contribution in [2.75, 3.05) is 0 Å². The zero-order valence-electron chi connectivity index (χ0n) is 12.2. The van der Waals surface area contributed by atoms with Gasteiger partial charge in [-0.1, -0.05) is 0 Å². The summed E-state index contributed by atoms with van der Waals surface area (Å²) >= 11 is 0. The summed E-state index contributed by atoms with van der Waals surface area (Å²) in [5.41, 5.74) is 3.31. The highest BCUT2D eigenvalue weighted by molar-refractivity contribution is 5.72. The van der Waals surface area contributed by atoms with E-state index in [2.05, 4.69) is 9.97 Å². The van der Waals surface area contributed by atoms with Crippen LogP contribution < -0.4 is 0 Å². The number of aldehydes is 1. The molecule has 0 aliphatic rings. The number of aliphatic hydroxyl groups is 1. The number of carbonyl (C=O) groups is 1. The Hall–Kier alpha value is -3.09. The fraction of sp³-hybridized carbons (Fsp3) is 0.188. The Balaban J connectivity index is 0.000000220. The molecule has 110 valence electrons. The number of pyridine rings is 2. The van der Waals surface area contributed by atoms with Crippen LogP contribution in [0.15, 0.2) is 24.3 Å². The fourth-order valence-electron chi connectivity index (χ4n) is 1.70. The van der Waals surface area contributed by atoms with E-state index in [0.29, 0.717) is 34.5 Å². The SMILES string of the molecule is Cc1cc(C#N)cc(C=O)n1.Cc1cc(C#N)cc(CO)n1. The van der Waals surface area contributed by atoms with Gasteiger partial charge in [0.25, 0.3) is 0 Å². The minimum atomic E-state index is -0.115. The van der Waals surface area contributed by atoms with Crippen molar-refractivity contribution in [2.45, 2.75) is 20.5 Å². The molecule has 0 bridgehead atoms. The lowest BCUT2D eigenvalue weighted by Gasteiger charge is -1.97. The van der Waals surface area contributed by atoms with E-state index in [0.717, 1.165) is 5.69 Å². The first-order valence-corrected chi connectivity index (χ1v) is 6.35. The molecule has 2 rings (SSSR count). The second kappa shape index (κ2) is 8.25. The van der Waals surface area contributed by atoms with Crippen molar-refractivity contribution in [1.82, 2.24) is 9.97 Å². The van der Waals surface area contributed by atoms with Crippen molar-refractivity contribution in [1.29, 1.82) is 10.5 Å². The molecule has 6 nitrogen and oxygen atoms in total. The molecular formula is C16H14N4O2. The lowest BCUT2D eigenvalue weighted by molar-refractivity contribution is 0.111. The summed E-state index contributed by atoms with van der Waals surface area (Å²) in [5.74, 6) is 0. The molecule has 0 atom stereocenters. The van der Waals surface area contributed by atoms with E-state index in [1.165, 1.54) is 6.07 Å². The minimum absolute atomic E-state index is 0.115. The summed E-state index contributed by atoms with van der Waals surface area (Å²) in [6, 6.07) is 10.3. The van der Waals surface area contributed by atoms with Crippen LogP contribution in [-0.2, 0) is 6.61 Å². The molecule has 0 fully saturated rings. The van der Waals surface area contributed by atoms with E-state index in [-0.39, 0.29) is 6.61 Å². The molecule has 0 aliphatic heterocycles. The van der Waals surface area contributed by atoms with Gasteiger partial charge in [-0.05, 0) is 38.1 Å². The quantitative estimate of drug-likeness (QED) is 0.846. The van der Waals surface area contributed by atoms with Crippen LogP contribution in [0.3, 0.4) is 0 Å². The van der Waals surface area contributed by atoms with Gasteiger partial charge in [0, 0.05) is 11.4 Å². The van der Waals surface area contributed by atoms with Crippen molar-refractivity contribution in [3.05, 3.63) is 58.2 Å². The average Bonchev–Trinajstić information content (AvgIpc) is 2.53. The number of hydrogen-bond donors (Lipinski definition) is 1. The van der Waals surface area contributed by atoms with E-state index in [4.69, 9.17) is 15.6 Å². The van der Waals surface area contributed by atoms with Gasteiger partial charge < -0.3 is 5.11 Å². The van der Waals surface area contributed by atoms with E-state index in [1.54, 1.807) is 32.0 Å². The van der Waals surface area contributed by atoms with E-state index in [9.17, 15) is 4.79 Å². The van der Waals surface area contributed by atoms with Gasteiger partial charge in [0.1, 0.15) is 5.69 Å². The molecule has 0 unspecified atom stereocenters. The molecule has 2 aromatic rings. The van der Waals surface area contributed by atoms with Crippen LogP contribution in [-0.4, -0.2) is 21.4 Å². The van der Waals surface area contributed by atoms with Crippen molar-refractivity contribution in [3.63, 3.8) is 0 Å². The van der Waals surface area contributed by atoms with Crippen molar-refractivity contribution < 1.29 is 9.90 Å². The van der Waals surface area contributed by atoms with Crippen LogP contribution in [0.1, 0.15) is 38.7 Å². The fourth-order valence-corrected chi connectivity index (χ4v) is 1.70. The molecule has 0 aromatic carbocycles. The number of hydrogen-bond acceptors (Lipinski definition) is 6. The molecule has 1 N–H and O–H groups in total. The maximum atomic E-state index is 10.3. The first-order valence-electron chi connectivity index (χ1n) is 6.35. The summed E-state index contributed by atoms with van der Waals surface area (Å²) in [6.45, 7) is 3.42. The standard InChI is InChI=1S/C8H8N2O.C8H6N2O/c2*1-6-2-7(4-9)3-8(5-11)10-6/h2-3,11H,5H2,1H3;2-3,5H,1H3. The first-order chi connectivity index (χ1) is 10.5. The number of nitriles is 2. The molecule has 0 saturated carbocycles. The van der Waals surface area contributed by atoms with Crippen molar-refractivity contribution in [2.24, 2.45) is 0 Å². The van der Waals surface area contributed by atoms with Gasteiger partial charge in [0.2, 0.25) is 0 Å². The number of nitrogens with zero attached hydrogens (tertiary/aromatic N) is 4. The summed E-state index contributed by atoms with van der Waals surface area (Å²) in [7, 11) is 0. The van der Waals surface area contributed by atoms with Crippen LogP contribution in [0.4, 0.5) is 0 Å². The topological polar surface area (TPSA) is 111 Å². The summed E-state index contributed by atoms with van der Waals surface area (Å²) in [5, 5.41) is 25.7. The van der Waals surface area contributed by atoms with Crippen LogP contribution in [0.25, 0.3) is 0 Å². The number of carbonyl (C=O) groups excluding carboxylic acids is 1. The van der Waals surface area contributed by atoms with Gasteiger partial charge in [-0.3, -0.25) is 14.8 Å². The molecule has 0 spiro atoms. The zero-order valence-corrected chi connectivity index (χ0v) is 12.2. The van der Waals surface area contributed by atoms with Crippen LogP contribution in [0.5, 0.6) is 0 Å². The summed E-state index contributed by atoms with van der Waals surface area (Å²) in [6.07, 6.45) is 0.633. The van der Waals surface area contributed by atoms with Crippen molar-refractivity contribution >= 4 is 6.29 Å². The average molecular weight is 294 g/mol. The Morgan fingerprint density at radius 2 is 1.59 bits per heavy atom. The highest BCUT2D eigenvalue weighted by Crippen LogP contribution is 2.04. The van der Waals surface area contributed by atoms with E-state index < -0.39 is 0 Å². The smallest absolute Gasteiger partial charge is 0.168 e. The van der Waals surface area contributed by atoms with Crippen molar-refractivity contribution in [3.8, 4) is 12.1 Å². The lowest BCUT2D eigenvalue weighted by Crippen LogP contribution is -1.92. The molecule has 0 radical (unpaired) electrons. The van der Waals surface area contributed by atoms with Gasteiger partial charge >= 0.3 is 0 Å². The molecule has 6 heteroatoms. The third kappa shape index (κ3) is 5.12. The van der Waals surface area contributed by atoms with Gasteiger partial charge in [-0.25, -0.2) is 0 Å². The Bertz CT molecular complexity index is 758. The van der Waals surface area contributed by atoms with E-state index >= 15 is 0 Å². The minimum Gasteiger partial charge on any atom is -0.390 e. The van der Waals surface area contributed by atoms with Crippen LogP contribution in [0, 0.1) is 36.5 Å². The molecule has 0 aliphatic carbocycles. The molecular weight excluding hydrogens is 280 g/mol. The molecule has 0 saturated heterocycles. The Morgan fingerprint density at radius 1 is 1.05 bits per heavy atom. The Labute approximate surface area is 128 Å². The lowest BCUT2D eigenvalue weighted by atomic mass is 10.2. The van der Waals surface area contributed by atoms with Gasteiger partial charge in [0.15, 0.2) is 6.29 Å². The summed E-state index contributed by atoms with van der Waals surface area (Å²) in [4.78, 5) is 18.1. The number of aromatic nitrogens is 2. The van der Waals surface area contributed by atoms with Crippen LogP contribution >= 0.6 is 0 Å². The first kappa shape index (κ1) is 17.0. The third-order valence-corrected chi connectivity index (χ3v) is 2.52. The zero-order chi connectivity index (χ0) is 16.5. The normalized spacial score (nSPS) is 8.95. The second-order valence-corrected chi connectivity index (χ2v) is 4.41. The largest absolute Gasteiger partial charge is 0.390 e. The number of rotatable bonds is 2.